The smallest absolute Gasteiger partial charge is 0.126 e. The number of nitrogens with two attached hydrogens (primary N) is 2. The number of ether oxygens (including phenoxy) is 1. The number of benzene rings is 1. The van der Waals surface area contributed by atoms with E-state index < -0.39 is 0 Å². The molecule has 0 spiro atoms. The van der Waals surface area contributed by atoms with Gasteiger partial charge in [-0.2, -0.15) is 0 Å². The molecule has 3 nitrogen and oxygen atoms in total. The highest BCUT2D eigenvalue weighted by Gasteiger charge is 2.13. The Kier molecular flexibility index (Phi) is 3.75. The zero-order chi connectivity index (χ0) is 10.7. The molecule has 1 aromatic carbocycles. The van der Waals surface area contributed by atoms with Gasteiger partial charge >= 0.3 is 0 Å². The summed E-state index contributed by atoms with van der Waals surface area (Å²) in [5.41, 5.74) is 13.2. The van der Waals surface area contributed by atoms with Crippen molar-refractivity contribution >= 4 is 11.6 Å². The SMILES string of the molecule is COc1c(C)cc(Cl)cc1[C@H](N)CN. The summed E-state index contributed by atoms with van der Waals surface area (Å²) in [4.78, 5) is 0. The van der Waals surface area contributed by atoms with Crippen molar-refractivity contribution in [1.29, 1.82) is 0 Å². The van der Waals surface area contributed by atoms with Gasteiger partial charge in [-0.05, 0) is 24.6 Å². The molecule has 78 valence electrons. The van der Waals surface area contributed by atoms with E-state index in [2.05, 4.69) is 0 Å². The Hall–Kier alpha value is -0.770. The van der Waals surface area contributed by atoms with Gasteiger partial charge in [0.05, 0.1) is 7.11 Å². The van der Waals surface area contributed by atoms with Crippen molar-refractivity contribution in [3.8, 4) is 5.75 Å². The molecule has 1 atom stereocenters. The van der Waals surface area contributed by atoms with E-state index in [4.69, 9.17) is 27.8 Å². The monoisotopic (exact) mass is 214 g/mol. The molecular weight excluding hydrogens is 200 g/mol. The van der Waals surface area contributed by atoms with Crippen molar-refractivity contribution < 1.29 is 4.74 Å². The minimum absolute atomic E-state index is 0.234. The minimum atomic E-state index is -0.234. The molecule has 0 amide bonds. The van der Waals surface area contributed by atoms with E-state index in [1.807, 2.05) is 13.0 Å². The lowest BCUT2D eigenvalue weighted by Gasteiger charge is -2.16. The molecule has 14 heavy (non-hydrogen) atoms. The Bertz CT molecular complexity index is 328. The molecule has 0 aliphatic heterocycles. The van der Waals surface area contributed by atoms with E-state index in [0.717, 1.165) is 16.9 Å². The van der Waals surface area contributed by atoms with Gasteiger partial charge in [0.1, 0.15) is 5.75 Å². The number of rotatable bonds is 3. The van der Waals surface area contributed by atoms with E-state index >= 15 is 0 Å². The van der Waals surface area contributed by atoms with Crippen LogP contribution in [0.1, 0.15) is 17.2 Å². The van der Waals surface area contributed by atoms with Crippen LogP contribution in [0.4, 0.5) is 0 Å². The Morgan fingerprint density at radius 2 is 2.14 bits per heavy atom. The van der Waals surface area contributed by atoms with Crippen molar-refractivity contribution in [1.82, 2.24) is 0 Å². The van der Waals surface area contributed by atoms with Gasteiger partial charge in [-0.15, -0.1) is 0 Å². The van der Waals surface area contributed by atoms with Crippen molar-refractivity contribution in [3.05, 3.63) is 28.3 Å². The molecule has 4 heteroatoms. The summed E-state index contributed by atoms with van der Waals surface area (Å²) < 4.78 is 5.26. The average molecular weight is 215 g/mol. The number of halogens is 1. The maximum absolute atomic E-state index is 5.93. The molecule has 0 saturated heterocycles. The van der Waals surface area contributed by atoms with Gasteiger partial charge in [0.25, 0.3) is 0 Å². The van der Waals surface area contributed by atoms with E-state index in [0.29, 0.717) is 11.6 Å². The average Bonchev–Trinajstić information content (AvgIpc) is 2.15. The summed E-state index contributed by atoms with van der Waals surface area (Å²) in [7, 11) is 1.61. The molecule has 0 aliphatic rings. The first-order valence-corrected chi connectivity index (χ1v) is 4.77. The molecule has 0 heterocycles. The maximum Gasteiger partial charge on any atom is 0.126 e. The van der Waals surface area contributed by atoms with Crippen LogP contribution in [0.2, 0.25) is 5.02 Å². The van der Waals surface area contributed by atoms with E-state index in [1.54, 1.807) is 13.2 Å². The van der Waals surface area contributed by atoms with Gasteiger partial charge < -0.3 is 16.2 Å². The summed E-state index contributed by atoms with van der Waals surface area (Å²) in [5.74, 6) is 0.771. The number of hydrogen-bond acceptors (Lipinski definition) is 3. The molecule has 0 bridgehead atoms. The molecule has 0 aromatic heterocycles. The summed E-state index contributed by atoms with van der Waals surface area (Å²) in [5, 5.41) is 0.655. The fourth-order valence-electron chi connectivity index (χ4n) is 1.44. The largest absolute Gasteiger partial charge is 0.496 e. The fourth-order valence-corrected chi connectivity index (χ4v) is 1.72. The first-order valence-electron chi connectivity index (χ1n) is 4.39. The van der Waals surface area contributed by atoms with E-state index in [9.17, 15) is 0 Å². The Balaban J connectivity index is 3.24. The Morgan fingerprint density at radius 3 is 2.64 bits per heavy atom. The molecule has 1 rings (SSSR count). The Labute approximate surface area is 89.0 Å². The second-order valence-electron chi connectivity index (χ2n) is 3.19. The van der Waals surface area contributed by atoms with Crippen molar-refractivity contribution in [2.24, 2.45) is 11.5 Å². The van der Waals surface area contributed by atoms with Crippen LogP contribution in [0.5, 0.6) is 5.75 Å². The normalized spacial score (nSPS) is 12.6. The van der Waals surface area contributed by atoms with Crippen LogP contribution in [-0.2, 0) is 0 Å². The van der Waals surface area contributed by atoms with Gasteiger partial charge in [-0.1, -0.05) is 11.6 Å². The van der Waals surface area contributed by atoms with Gasteiger partial charge in [-0.3, -0.25) is 0 Å². The summed E-state index contributed by atoms with van der Waals surface area (Å²) in [6, 6.07) is 3.40. The summed E-state index contributed by atoms with van der Waals surface area (Å²) in [6.45, 7) is 2.30. The van der Waals surface area contributed by atoms with Crippen molar-refractivity contribution in [2.75, 3.05) is 13.7 Å². The molecule has 0 fully saturated rings. The molecule has 4 N–H and O–H groups in total. The lowest BCUT2D eigenvalue weighted by molar-refractivity contribution is 0.403. The standard InChI is InChI=1S/C10H15ClN2O/c1-6-3-7(11)4-8(9(13)5-12)10(6)14-2/h3-4,9H,5,12-13H2,1-2H3/t9-/m1/s1. The first-order chi connectivity index (χ1) is 6.60. The van der Waals surface area contributed by atoms with E-state index in [-0.39, 0.29) is 6.04 Å². The summed E-state index contributed by atoms with van der Waals surface area (Å²) in [6.07, 6.45) is 0. The third-order valence-electron chi connectivity index (χ3n) is 2.13. The zero-order valence-corrected chi connectivity index (χ0v) is 9.14. The summed E-state index contributed by atoms with van der Waals surface area (Å²) >= 11 is 5.93. The van der Waals surface area contributed by atoms with Crippen LogP contribution in [0.25, 0.3) is 0 Å². The van der Waals surface area contributed by atoms with Gasteiger partial charge in [0.2, 0.25) is 0 Å². The van der Waals surface area contributed by atoms with Crippen LogP contribution in [0.15, 0.2) is 12.1 Å². The van der Waals surface area contributed by atoms with Crippen molar-refractivity contribution in [2.45, 2.75) is 13.0 Å². The van der Waals surface area contributed by atoms with Gasteiger partial charge in [0.15, 0.2) is 0 Å². The highest BCUT2D eigenvalue weighted by Crippen LogP contribution is 2.30. The lowest BCUT2D eigenvalue weighted by atomic mass is 10.0. The molecular formula is C10H15ClN2O. The van der Waals surface area contributed by atoms with Gasteiger partial charge in [-0.25, -0.2) is 0 Å². The second kappa shape index (κ2) is 4.64. The van der Waals surface area contributed by atoms with Crippen LogP contribution in [0.3, 0.4) is 0 Å². The van der Waals surface area contributed by atoms with Crippen molar-refractivity contribution in [3.63, 3.8) is 0 Å². The third kappa shape index (κ3) is 2.18. The van der Waals surface area contributed by atoms with Crippen LogP contribution in [0, 0.1) is 6.92 Å². The third-order valence-corrected chi connectivity index (χ3v) is 2.34. The molecule has 0 aliphatic carbocycles. The predicted octanol–water partition coefficient (Wildman–Crippen LogP) is 1.62. The van der Waals surface area contributed by atoms with Crippen LogP contribution >= 0.6 is 11.6 Å². The van der Waals surface area contributed by atoms with E-state index in [1.165, 1.54) is 0 Å². The molecule has 0 unspecified atom stereocenters. The maximum atomic E-state index is 5.93. The van der Waals surface area contributed by atoms with Crippen LogP contribution < -0.4 is 16.2 Å². The lowest BCUT2D eigenvalue weighted by Crippen LogP contribution is -2.21. The topological polar surface area (TPSA) is 61.3 Å². The zero-order valence-electron chi connectivity index (χ0n) is 8.38. The predicted molar refractivity (Wildman–Crippen MR) is 58.7 cm³/mol. The minimum Gasteiger partial charge on any atom is -0.496 e. The molecule has 0 radical (unpaired) electrons. The highest BCUT2D eigenvalue weighted by molar-refractivity contribution is 6.30. The Morgan fingerprint density at radius 1 is 1.50 bits per heavy atom. The molecule has 0 saturated carbocycles. The second-order valence-corrected chi connectivity index (χ2v) is 3.62. The molecule has 1 aromatic rings. The first kappa shape index (κ1) is 11.3. The number of aryl methyl sites for hydroxylation is 1. The quantitative estimate of drug-likeness (QED) is 0.804. The fraction of sp³-hybridized carbons (Fsp3) is 0.400. The number of methoxy groups -OCH3 is 1. The highest BCUT2D eigenvalue weighted by atomic mass is 35.5. The van der Waals surface area contributed by atoms with Gasteiger partial charge in [0, 0.05) is 23.2 Å². The number of hydrogen-bond donors (Lipinski definition) is 2. The van der Waals surface area contributed by atoms with Crippen LogP contribution in [-0.4, -0.2) is 13.7 Å².